The van der Waals surface area contributed by atoms with E-state index < -0.39 is 11.7 Å². The van der Waals surface area contributed by atoms with E-state index in [1.165, 1.54) is 0 Å². The zero-order valence-electron chi connectivity index (χ0n) is 17.5. The second kappa shape index (κ2) is 8.98. The van der Waals surface area contributed by atoms with E-state index in [4.69, 9.17) is 4.74 Å². The number of amides is 3. The number of hydrogen-bond acceptors (Lipinski definition) is 4. The summed E-state index contributed by atoms with van der Waals surface area (Å²) < 4.78 is 5.23. The molecule has 2 N–H and O–H groups in total. The molecule has 3 rings (SSSR count). The lowest BCUT2D eigenvalue weighted by Gasteiger charge is -2.19. The van der Waals surface area contributed by atoms with E-state index in [-0.39, 0.29) is 11.8 Å². The summed E-state index contributed by atoms with van der Waals surface area (Å²) in [5, 5.41) is 5.50. The number of rotatable bonds is 5. The van der Waals surface area contributed by atoms with Crippen LogP contribution < -0.4 is 15.5 Å². The molecule has 2 aromatic rings. The van der Waals surface area contributed by atoms with Gasteiger partial charge in [-0.15, -0.1) is 0 Å². The van der Waals surface area contributed by atoms with E-state index in [1.807, 2.05) is 24.3 Å². The summed E-state index contributed by atoms with van der Waals surface area (Å²) in [6, 6.07) is 14.3. The van der Waals surface area contributed by atoms with Gasteiger partial charge in [0.25, 0.3) is 5.91 Å². The molecule has 7 nitrogen and oxygen atoms in total. The van der Waals surface area contributed by atoms with Crippen molar-refractivity contribution < 1.29 is 19.1 Å². The van der Waals surface area contributed by atoms with Crippen LogP contribution in [0.1, 0.15) is 49.5 Å². The van der Waals surface area contributed by atoms with Crippen LogP contribution in [0.2, 0.25) is 0 Å². The Balaban J connectivity index is 1.56. The van der Waals surface area contributed by atoms with Crippen LogP contribution in [0.25, 0.3) is 0 Å². The summed E-state index contributed by atoms with van der Waals surface area (Å²) in [6.07, 6.45) is 0.912. The minimum atomic E-state index is -0.601. The monoisotopic (exact) mass is 409 g/mol. The van der Waals surface area contributed by atoms with Crippen LogP contribution in [-0.2, 0) is 16.1 Å². The highest BCUT2D eigenvalue weighted by Gasteiger charge is 2.21. The van der Waals surface area contributed by atoms with Crippen molar-refractivity contribution in [3.8, 4) is 0 Å². The van der Waals surface area contributed by atoms with E-state index in [1.54, 1.807) is 49.9 Å². The maximum absolute atomic E-state index is 12.5. The molecule has 1 saturated heterocycles. The van der Waals surface area contributed by atoms with Crippen molar-refractivity contribution in [1.82, 2.24) is 5.32 Å². The molecule has 0 bridgehead atoms. The lowest BCUT2D eigenvalue weighted by atomic mass is 10.1. The lowest BCUT2D eigenvalue weighted by molar-refractivity contribution is -0.117. The molecule has 0 aromatic heterocycles. The van der Waals surface area contributed by atoms with Gasteiger partial charge in [-0.3, -0.25) is 14.9 Å². The second-order valence-electron chi connectivity index (χ2n) is 8.21. The minimum absolute atomic E-state index is 0.149. The van der Waals surface area contributed by atoms with Crippen LogP contribution in [0.3, 0.4) is 0 Å². The number of ether oxygens (including phenoxy) is 1. The topological polar surface area (TPSA) is 87.7 Å². The SMILES string of the molecule is CC(C)(C)OC(=O)Nc1cccc(C(=O)NCc2ccc(N3CCCC3=O)cc2)c1. The van der Waals surface area contributed by atoms with Gasteiger partial charge in [-0.2, -0.15) is 0 Å². The summed E-state index contributed by atoms with van der Waals surface area (Å²) in [4.78, 5) is 38.0. The first kappa shape index (κ1) is 21.4. The Morgan fingerprint density at radius 1 is 1.10 bits per heavy atom. The molecule has 0 radical (unpaired) electrons. The molecule has 2 aromatic carbocycles. The highest BCUT2D eigenvalue weighted by molar-refractivity contribution is 5.96. The van der Waals surface area contributed by atoms with Crippen molar-refractivity contribution in [3.05, 3.63) is 59.7 Å². The molecule has 0 unspecified atom stereocenters. The van der Waals surface area contributed by atoms with Crippen molar-refractivity contribution in [3.63, 3.8) is 0 Å². The first-order valence-corrected chi connectivity index (χ1v) is 9.99. The van der Waals surface area contributed by atoms with Crippen LogP contribution in [0.5, 0.6) is 0 Å². The normalized spacial score (nSPS) is 13.8. The first-order chi connectivity index (χ1) is 14.2. The number of carbonyl (C=O) groups excluding carboxylic acids is 3. The Labute approximate surface area is 176 Å². The fourth-order valence-corrected chi connectivity index (χ4v) is 3.16. The number of carbonyl (C=O) groups is 3. The number of nitrogens with one attached hydrogen (secondary N) is 2. The largest absolute Gasteiger partial charge is 0.444 e. The van der Waals surface area contributed by atoms with Gasteiger partial charge in [0.15, 0.2) is 0 Å². The standard InChI is InChI=1S/C23H27N3O4/c1-23(2,3)30-22(29)25-18-7-4-6-17(14-18)21(28)24-15-16-9-11-19(12-10-16)26-13-5-8-20(26)27/h4,6-7,9-12,14H,5,8,13,15H2,1-3H3,(H,24,28)(H,25,29). The quantitative estimate of drug-likeness (QED) is 0.779. The Bertz CT molecular complexity index is 932. The molecule has 1 heterocycles. The molecule has 0 saturated carbocycles. The van der Waals surface area contributed by atoms with Gasteiger partial charge in [0.1, 0.15) is 5.60 Å². The van der Waals surface area contributed by atoms with Gasteiger partial charge < -0.3 is 15.0 Å². The fraction of sp³-hybridized carbons (Fsp3) is 0.348. The summed E-state index contributed by atoms with van der Waals surface area (Å²) in [7, 11) is 0. The zero-order valence-corrected chi connectivity index (χ0v) is 17.5. The van der Waals surface area contributed by atoms with Crippen LogP contribution in [0.15, 0.2) is 48.5 Å². The summed E-state index contributed by atoms with van der Waals surface area (Å²) in [5.41, 5.74) is 2.13. The molecule has 3 amide bonds. The number of anilines is 2. The zero-order chi connectivity index (χ0) is 21.7. The summed E-state index contributed by atoms with van der Waals surface area (Å²) in [5.74, 6) is -0.0995. The third-order valence-electron chi connectivity index (χ3n) is 4.54. The van der Waals surface area contributed by atoms with Gasteiger partial charge in [-0.05, 0) is 63.1 Å². The van der Waals surface area contributed by atoms with Gasteiger partial charge in [-0.25, -0.2) is 4.79 Å². The highest BCUT2D eigenvalue weighted by Crippen LogP contribution is 2.21. The number of hydrogen-bond donors (Lipinski definition) is 2. The van der Waals surface area contributed by atoms with E-state index in [0.29, 0.717) is 24.2 Å². The van der Waals surface area contributed by atoms with Crippen molar-refractivity contribution in [1.29, 1.82) is 0 Å². The maximum Gasteiger partial charge on any atom is 0.412 e. The molecule has 158 valence electrons. The Hall–Kier alpha value is -3.35. The third kappa shape index (κ3) is 5.83. The molecule has 30 heavy (non-hydrogen) atoms. The fourth-order valence-electron chi connectivity index (χ4n) is 3.16. The molecule has 0 atom stereocenters. The van der Waals surface area contributed by atoms with Crippen molar-refractivity contribution in [2.45, 2.75) is 45.8 Å². The molecule has 1 aliphatic rings. The van der Waals surface area contributed by atoms with Gasteiger partial charge >= 0.3 is 6.09 Å². The average molecular weight is 409 g/mol. The number of nitrogens with zero attached hydrogens (tertiary/aromatic N) is 1. The van der Waals surface area contributed by atoms with Crippen molar-refractivity contribution in [2.75, 3.05) is 16.8 Å². The average Bonchev–Trinajstić information content (AvgIpc) is 3.11. The predicted octanol–water partition coefficient (Wildman–Crippen LogP) is 4.09. The Morgan fingerprint density at radius 2 is 1.83 bits per heavy atom. The van der Waals surface area contributed by atoms with Crippen LogP contribution in [0.4, 0.5) is 16.2 Å². The number of benzene rings is 2. The molecule has 1 fully saturated rings. The lowest BCUT2D eigenvalue weighted by Crippen LogP contribution is -2.27. The Morgan fingerprint density at radius 3 is 2.47 bits per heavy atom. The summed E-state index contributed by atoms with van der Waals surface area (Å²) >= 11 is 0. The van der Waals surface area contributed by atoms with Crippen molar-refractivity contribution in [2.24, 2.45) is 0 Å². The van der Waals surface area contributed by atoms with Crippen LogP contribution in [-0.4, -0.2) is 30.1 Å². The van der Waals surface area contributed by atoms with Gasteiger partial charge in [0.2, 0.25) is 5.91 Å². The third-order valence-corrected chi connectivity index (χ3v) is 4.54. The van der Waals surface area contributed by atoms with Gasteiger partial charge in [-0.1, -0.05) is 18.2 Å². The van der Waals surface area contributed by atoms with E-state index in [9.17, 15) is 14.4 Å². The maximum atomic E-state index is 12.5. The second-order valence-corrected chi connectivity index (χ2v) is 8.21. The predicted molar refractivity (Wildman–Crippen MR) is 115 cm³/mol. The highest BCUT2D eigenvalue weighted by atomic mass is 16.6. The van der Waals surface area contributed by atoms with Crippen molar-refractivity contribution >= 4 is 29.3 Å². The minimum Gasteiger partial charge on any atom is -0.444 e. The molecule has 7 heteroatoms. The van der Waals surface area contributed by atoms with Crippen LogP contribution in [0, 0.1) is 0 Å². The Kier molecular flexibility index (Phi) is 6.40. The van der Waals surface area contributed by atoms with E-state index in [0.717, 1.165) is 24.2 Å². The van der Waals surface area contributed by atoms with Gasteiger partial charge in [0.05, 0.1) is 0 Å². The molecule has 1 aliphatic heterocycles. The van der Waals surface area contributed by atoms with Gasteiger partial charge in [0, 0.05) is 36.4 Å². The van der Waals surface area contributed by atoms with E-state index >= 15 is 0 Å². The first-order valence-electron chi connectivity index (χ1n) is 9.99. The smallest absolute Gasteiger partial charge is 0.412 e. The molecular weight excluding hydrogens is 382 g/mol. The van der Waals surface area contributed by atoms with E-state index in [2.05, 4.69) is 10.6 Å². The summed E-state index contributed by atoms with van der Waals surface area (Å²) in [6.45, 7) is 6.46. The molecular formula is C23H27N3O4. The molecule has 0 spiro atoms. The molecule has 0 aliphatic carbocycles. The van der Waals surface area contributed by atoms with Crippen LogP contribution >= 0.6 is 0 Å².